The van der Waals surface area contributed by atoms with Crippen molar-refractivity contribution in [3.05, 3.63) is 41.3 Å². The molecule has 1 aromatic carbocycles. The minimum absolute atomic E-state index is 0.184. The maximum atomic E-state index is 13.7. The van der Waals surface area contributed by atoms with Crippen LogP contribution in [0.3, 0.4) is 0 Å². The van der Waals surface area contributed by atoms with Crippen LogP contribution in [0.5, 0.6) is 0 Å². The highest BCUT2D eigenvalue weighted by Crippen LogP contribution is 2.22. The molecule has 0 saturated heterocycles. The summed E-state index contributed by atoms with van der Waals surface area (Å²) in [5.74, 6) is -1.83. The number of rotatable bonds is 4. The molecule has 9 heteroatoms. The smallest absolute Gasteiger partial charge is 0.243 e. The lowest BCUT2D eigenvalue weighted by atomic mass is 10.3. The van der Waals surface area contributed by atoms with Gasteiger partial charge in [0.1, 0.15) is 22.2 Å². The lowest BCUT2D eigenvalue weighted by molar-refractivity contribution is 0.390. The standard InChI is InChI=1S/C11H11F2N3O3S/c1-6-4-7(16-19-6)5-15-20(17,18)9-3-2-8(12)11(14)10(9)13/h2-4,15H,5,14H2,1H3. The fourth-order valence-corrected chi connectivity index (χ4v) is 2.59. The van der Waals surface area contributed by atoms with E-state index in [4.69, 9.17) is 10.3 Å². The van der Waals surface area contributed by atoms with Crippen LogP contribution in [0.15, 0.2) is 27.6 Å². The Balaban J connectivity index is 2.25. The van der Waals surface area contributed by atoms with Gasteiger partial charge in [-0.15, -0.1) is 0 Å². The number of nitrogens with zero attached hydrogens (tertiary/aromatic N) is 1. The van der Waals surface area contributed by atoms with Crippen LogP contribution in [-0.2, 0) is 16.6 Å². The third-order valence-corrected chi connectivity index (χ3v) is 3.92. The molecular formula is C11H11F2N3O3S. The Bertz CT molecular complexity index is 743. The summed E-state index contributed by atoms with van der Waals surface area (Å²) < 4.78 is 57.4. The van der Waals surface area contributed by atoms with E-state index in [0.29, 0.717) is 11.5 Å². The number of hydrogen-bond acceptors (Lipinski definition) is 5. The summed E-state index contributed by atoms with van der Waals surface area (Å²) in [5.41, 5.74) is 4.61. The first-order valence-corrected chi connectivity index (χ1v) is 6.95. The number of anilines is 1. The number of halogens is 2. The van der Waals surface area contributed by atoms with Crippen molar-refractivity contribution in [2.45, 2.75) is 18.4 Å². The third-order valence-electron chi connectivity index (χ3n) is 2.50. The summed E-state index contributed by atoms with van der Waals surface area (Å²) in [7, 11) is -4.17. The molecule has 0 unspecified atom stereocenters. The van der Waals surface area contributed by atoms with Crippen LogP contribution in [0.4, 0.5) is 14.5 Å². The number of nitrogens with one attached hydrogen (secondary N) is 1. The number of nitrogens with two attached hydrogens (primary N) is 1. The van der Waals surface area contributed by atoms with Crippen LogP contribution in [0.1, 0.15) is 11.5 Å². The van der Waals surface area contributed by atoms with Crippen LogP contribution in [0.25, 0.3) is 0 Å². The maximum Gasteiger partial charge on any atom is 0.243 e. The van der Waals surface area contributed by atoms with Crippen LogP contribution in [-0.4, -0.2) is 13.6 Å². The van der Waals surface area contributed by atoms with Gasteiger partial charge in [-0.2, -0.15) is 0 Å². The van der Waals surface area contributed by atoms with Gasteiger partial charge < -0.3 is 10.3 Å². The molecule has 1 heterocycles. The number of benzene rings is 1. The van der Waals surface area contributed by atoms with Crippen LogP contribution in [0.2, 0.25) is 0 Å². The van der Waals surface area contributed by atoms with Gasteiger partial charge in [-0.05, 0) is 19.1 Å². The SMILES string of the molecule is Cc1cc(CNS(=O)(=O)c2ccc(F)c(N)c2F)no1. The highest BCUT2D eigenvalue weighted by Gasteiger charge is 2.22. The van der Waals surface area contributed by atoms with Crippen molar-refractivity contribution in [2.24, 2.45) is 0 Å². The number of sulfonamides is 1. The first kappa shape index (κ1) is 14.4. The first-order chi connectivity index (χ1) is 9.31. The van der Waals surface area contributed by atoms with E-state index >= 15 is 0 Å². The second-order valence-electron chi connectivity index (χ2n) is 4.03. The summed E-state index contributed by atoms with van der Waals surface area (Å²) >= 11 is 0. The van der Waals surface area contributed by atoms with E-state index in [0.717, 1.165) is 12.1 Å². The van der Waals surface area contributed by atoms with Crippen molar-refractivity contribution < 1.29 is 21.7 Å². The molecule has 2 aromatic rings. The Morgan fingerprint density at radius 3 is 2.70 bits per heavy atom. The molecule has 0 bridgehead atoms. The van der Waals surface area contributed by atoms with Gasteiger partial charge in [0.2, 0.25) is 10.0 Å². The van der Waals surface area contributed by atoms with E-state index in [1.54, 1.807) is 6.92 Å². The monoisotopic (exact) mass is 303 g/mol. The van der Waals surface area contributed by atoms with Gasteiger partial charge in [-0.3, -0.25) is 0 Å². The number of nitrogen functional groups attached to an aromatic ring is 1. The van der Waals surface area contributed by atoms with E-state index in [1.165, 1.54) is 6.07 Å². The predicted octanol–water partition coefficient (Wildman–Crippen LogP) is 1.32. The minimum Gasteiger partial charge on any atom is -0.394 e. The average Bonchev–Trinajstić information content (AvgIpc) is 2.79. The Morgan fingerprint density at radius 1 is 1.40 bits per heavy atom. The third kappa shape index (κ3) is 2.78. The fourth-order valence-electron chi connectivity index (χ4n) is 1.50. The molecule has 0 fully saturated rings. The normalized spacial score (nSPS) is 11.8. The molecule has 0 spiro atoms. The van der Waals surface area contributed by atoms with Crippen molar-refractivity contribution in [2.75, 3.05) is 5.73 Å². The topological polar surface area (TPSA) is 98.2 Å². The lowest BCUT2D eigenvalue weighted by Gasteiger charge is -2.08. The molecule has 0 aliphatic carbocycles. The van der Waals surface area contributed by atoms with Crippen molar-refractivity contribution in [3.63, 3.8) is 0 Å². The molecular weight excluding hydrogens is 292 g/mol. The van der Waals surface area contributed by atoms with E-state index in [9.17, 15) is 17.2 Å². The van der Waals surface area contributed by atoms with Gasteiger partial charge in [-0.25, -0.2) is 21.9 Å². The summed E-state index contributed by atoms with van der Waals surface area (Å²) in [5, 5.41) is 3.59. The van der Waals surface area contributed by atoms with Gasteiger partial charge in [-0.1, -0.05) is 5.16 Å². The molecule has 0 atom stereocenters. The molecule has 0 aliphatic heterocycles. The largest absolute Gasteiger partial charge is 0.394 e. The summed E-state index contributed by atoms with van der Waals surface area (Å²) in [4.78, 5) is -0.725. The maximum absolute atomic E-state index is 13.7. The number of hydrogen-bond donors (Lipinski definition) is 2. The predicted molar refractivity (Wildman–Crippen MR) is 66.0 cm³/mol. The molecule has 6 nitrogen and oxygen atoms in total. The zero-order valence-corrected chi connectivity index (χ0v) is 11.2. The highest BCUT2D eigenvalue weighted by molar-refractivity contribution is 7.89. The molecule has 0 radical (unpaired) electrons. The molecule has 3 N–H and O–H groups in total. The van der Waals surface area contributed by atoms with Crippen molar-refractivity contribution >= 4 is 15.7 Å². The molecule has 0 aliphatic rings. The second-order valence-corrected chi connectivity index (χ2v) is 5.76. The van der Waals surface area contributed by atoms with Gasteiger partial charge in [0.25, 0.3) is 0 Å². The zero-order valence-electron chi connectivity index (χ0n) is 10.4. The molecule has 0 saturated carbocycles. The van der Waals surface area contributed by atoms with Crippen LogP contribution < -0.4 is 10.5 Å². The first-order valence-electron chi connectivity index (χ1n) is 5.46. The lowest BCUT2D eigenvalue weighted by Crippen LogP contribution is -2.24. The fraction of sp³-hybridized carbons (Fsp3) is 0.182. The molecule has 108 valence electrons. The van der Waals surface area contributed by atoms with Crippen LogP contribution >= 0.6 is 0 Å². The van der Waals surface area contributed by atoms with E-state index in [2.05, 4.69) is 9.88 Å². The molecule has 1 aromatic heterocycles. The van der Waals surface area contributed by atoms with Gasteiger partial charge in [0.05, 0.1) is 12.2 Å². The number of aryl methyl sites for hydroxylation is 1. The Kier molecular flexibility index (Phi) is 3.73. The Labute approximate surface area is 113 Å². The molecule has 0 amide bonds. The van der Waals surface area contributed by atoms with E-state index in [-0.39, 0.29) is 6.54 Å². The summed E-state index contributed by atoms with van der Waals surface area (Å²) in [6.45, 7) is 1.46. The van der Waals surface area contributed by atoms with E-state index in [1.807, 2.05) is 0 Å². The van der Waals surface area contributed by atoms with Crippen molar-refractivity contribution in [3.8, 4) is 0 Å². The van der Waals surface area contributed by atoms with Crippen LogP contribution in [0, 0.1) is 18.6 Å². The van der Waals surface area contributed by atoms with Crippen molar-refractivity contribution in [1.29, 1.82) is 0 Å². The zero-order chi connectivity index (χ0) is 14.9. The summed E-state index contributed by atoms with van der Waals surface area (Å²) in [6, 6.07) is 3.11. The van der Waals surface area contributed by atoms with E-state index < -0.39 is 32.2 Å². The summed E-state index contributed by atoms with van der Waals surface area (Å²) in [6.07, 6.45) is 0. The van der Waals surface area contributed by atoms with Crippen molar-refractivity contribution in [1.82, 2.24) is 9.88 Å². The molecule has 20 heavy (non-hydrogen) atoms. The van der Waals surface area contributed by atoms with Gasteiger partial charge in [0.15, 0.2) is 5.82 Å². The van der Waals surface area contributed by atoms with Gasteiger partial charge >= 0.3 is 0 Å². The number of aromatic nitrogens is 1. The quantitative estimate of drug-likeness (QED) is 0.830. The average molecular weight is 303 g/mol. The Hall–Kier alpha value is -2.00. The van der Waals surface area contributed by atoms with Gasteiger partial charge in [0, 0.05) is 6.07 Å². The minimum atomic E-state index is -4.17. The highest BCUT2D eigenvalue weighted by atomic mass is 32.2. The molecule has 2 rings (SSSR count). The Morgan fingerprint density at radius 2 is 2.10 bits per heavy atom. The second kappa shape index (κ2) is 5.17.